The minimum Gasteiger partial charge on any atom is -0.126 e. The van der Waals surface area contributed by atoms with Gasteiger partial charge in [0, 0.05) is 11.4 Å². The van der Waals surface area contributed by atoms with Crippen molar-refractivity contribution in [2.24, 2.45) is 0 Å². The molecule has 0 saturated heterocycles. The summed E-state index contributed by atoms with van der Waals surface area (Å²) in [7, 11) is 0. The summed E-state index contributed by atoms with van der Waals surface area (Å²) in [5.74, 6) is 0.681. The highest BCUT2D eigenvalue weighted by Crippen LogP contribution is 2.07. The summed E-state index contributed by atoms with van der Waals surface area (Å²) in [5, 5.41) is 0. The molecule has 2 aromatic rings. The van der Waals surface area contributed by atoms with E-state index in [1.165, 1.54) is 11.1 Å². The van der Waals surface area contributed by atoms with Crippen LogP contribution in [0.2, 0.25) is 0 Å². The van der Waals surface area contributed by atoms with E-state index in [0.29, 0.717) is 5.88 Å². The predicted molar refractivity (Wildman–Crippen MR) is 92.3 cm³/mol. The molecule has 2 rings (SSSR count). The third-order valence-corrected chi connectivity index (χ3v) is 2.94. The molecule has 2 heteroatoms. The van der Waals surface area contributed by atoms with E-state index in [-0.39, 0.29) is 0 Å². The molecule has 0 radical (unpaired) electrons. The van der Waals surface area contributed by atoms with Gasteiger partial charge in [-0.3, -0.25) is 0 Å². The Labute approximate surface area is 131 Å². The Balaban J connectivity index is 0.000000204. The summed E-state index contributed by atoms with van der Waals surface area (Å²) in [6.07, 6.45) is 4.63. The van der Waals surface area contributed by atoms with Gasteiger partial charge in [-0.05, 0) is 29.2 Å². The van der Waals surface area contributed by atoms with Crippen LogP contribution in [-0.4, -0.2) is 5.88 Å². The maximum Gasteiger partial charge on any atom is 0.0263 e. The normalized spacial score (nSPS) is 9.90. The standard InChI is InChI=1S/C10H11Cl.C8H7Cl/c1-2-9-4-3-5-10(8-9)6-7-11;9-7-6-8-4-2-1-3-5-8/h2-5,8H,1,6-7H2;1-7H. The Morgan fingerprint density at radius 2 is 1.65 bits per heavy atom. The highest BCUT2D eigenvalue weighted by atomic mass is 35.5. The van der Waals surface area contributed by atoms with Crippen LogP contribution in [0.4, 0.5) is 0 Å². The summed E-state index contributed by atoms with van der Waals surface area (Å²) < 4.78 is 0. The third kappa shape index (κ3) is 6.60. The van der Waals surface area contributed by atoms with E-state index in [1.807, 2.05) is 54.6 Å². The molecule has 0 N–H and O–H groups in total. The number of benzene rings is 2. The molecule has 104 valence electrons. The summed E-state index contributed by atoms with van der Waals surface area (Å²) in [6.45, 7) is 3.70. The van der Waals surface area contributed by atoms with Gasteiger partial charge in [-0.1, -0.05) is 78.9 Å². The Morgan fingerprint density at radius 3 is 2.25 bits per heavy atom. The molecular weight excluding hydrogens is 287 g/mol. The van der Waals surface area contributed by atoms with Gasteiger partial charge in [0.15, 0.2) is 0 Å². The lowest BCUT2D eigenvalue weighted by molar-refractivity contribution is 1.15. The molecule has 20 heavy (non-hydrogen) atoms. The van der Waals surface area contributed by atoms with Crippen molar-refractivity contribution in [1.82, 2.24) is 0 Å². The van der Waals surface area contributed by atoms with Crippen LogP contribution in [0, 0.1) is 0 Å². The second-order valence-electron chi connectivity index (χ2n) is 4.09. The molecule has 0 amide bonds. The second-order valence-corrected chi connectivity index (χ2v) is 4.72. The molecule has 0 aliphatic heterocycles. The topological polar surface area (TPSA) is 0 Å². The van der Waals surface area contributed by atoms with Gasteiger partial charge in [-0.15, -0.1) is 11.6 Å². The Morgan fingerprint density at radius 1 is 0.950 bits per heavy atom. The highest BCUT2D eigenvalue weighted by molar-refractivity contribution is 6.27. The fourth-order valence-electron chi connectivity index (χ4n) is 1.62. The summed E-state index contributed by atoms with van der Waals surface area (Å²) in [5.41, 5.74) is 5.08. The lowest BCUT2D eigenvalue weighted by Crippen LogP contribution is -1.85. The van der Waals surface area contributed by atoms with Crippen molar-refractivity contribution in [1.29, 1.82) is 0 Å². The van der Waals surface area contributed by atoms with Crippen LogP contribution in [0.3, 0.4) is 0 Å². The Kier molecular flexibility index (Phi) is 8.53. The molecule has 0 nitrogen and oxygen atoms in total. The first-order chi connectivity index (χ1) is 9.80. The first-order valence-electron chi connectivity index (χ1n) is 6.39. The molecule has 0 bridgehead atoms. The maximum absolute atomic E-state index is 5.61. The van der Waals surface area contributed by atoms with Crippen molar-refractivity contribution in [3.63, 3.8) is 0 Å². The summed E-state index contributed by atoms with van der Waals surface area (Å²) in [4.78, 5) is 0. The SMILES string of the molecule is C=Cc1cccc(CCCl)c1.ClC=Cc1ccccc1. The zero-order valence-corrected chi connectivity index (χ0v) is 12.8. The van der Waals surface area contributed by atoms with Crippen LogP contribution in [0.15, 0.2) is 66.7 Å². The van der Waals surface area contributed by atoms with E-state index in [0.717, 1.165) is 17.5 Å². The van der Waals surface area contributed by atoms with Crippen LogP contribution < -0.4 is 0 Å². The van der Waals surface area contributed by atoms with Crippen LogP contribution >= 0.6 is 23.2 Å². The van der Waals surface area contributed by atoms with Gasteiger partial charge in [-0.25, -0.2) is 0 Å². The van der Waals surface area contributed by atoms with Crippen LogP contribution in [0.25, 0.3) is 12.2 Å². The summed E-state index contributed by atoms with van der Waals surface area (Å²) >= 11 is 11.0. The van der Waals surface area contributed by atoms with Crippen LogP contribution in [0.1, 0.15) is 16.7 Å². The molecule has 0 aromatic heterocycles. The quantitative estimate of drug-likeness (QED) is 0.607. The van der Waals surface area contributed by atoms with Crippen LogP contribution in [-0.2, 0) is 6.42 Å². The molecule has 0 fully saturated rings. The lowest BCUT2D eigenvalue weighted by Gasteiger charge is -1.98. The third-order valence-electron chi connectivity index (χ3n) is 2.62. The average molecular weight is 305 g/mol. The predicted octanol–water partition coefficient (Wildman–Crippen LogP) is 6.01. The number of aryl methyl sites for hydroxylation is 1. The van der Waals surface area contributed by atoms with Crippen molar-refractivity contribution in [2.45, 2.75) is 6.42 Å². The Bertz CT molecular complexity index is 530. The molecular formula is C18H18Cl2. The van der Waals surface area contributed by atoms with Gasteiger partial charge in [-0.2, -0.15) is 0 Å². The zero-order valence-electron chi connectivity index (χ0n) is 11.3. The molecule has 0 spiro atoms. The first kappa shape index (κ1) is 16.6. The number of halogens is 2. The Hall–Kier alpha value is -1.50. The fourth-order valence-corrected chi connectivity index (χ4v) is 1.99. The van der Waals surface area contributed by atoms with Crippen molar-refractivity contribution in [3.05, 3.63) is 83.4 Å². The van der Waals surface area contributed by atoms with Gasteiger partial charge in [0.05, 0.1) is 0 Å². The van der Waals surface area contributed by atoms with E-state index in [2.05, 4.69) is 18.7 Å². The molecule has 0 unspecified atom stereocenters. The monoisotopic (exact) mass is 304 g/mol. The average Bonchev–Trinajstić information content (AvgIpc) is 2.50. The number of rotatable bonds is 4. The van der Waals surface area contributed by atoms with Crippen molar-refractivity contribution in [2.75, 3.05) is 5.88 Å². The number of alkyl halides is 1. The van der Waals surface area contributed by atoms with Gasteiger partial charge in [0.1, 0.15) is 0 Å². The smallest absolute Gasteiger partial charge is 0.0263 e. The maximum atomic E-state index is 5.61. The largest absolute Gasteiger partial charge is 0.126 e. The molecule has 2 aromatic carbocycles. The molecule has 0 atom stereocenters. The molecule has 0 saturated carbocycles. The first-order valence-corrected chi connectivity index (χ1v) is 7.36. The van der Waals surface area contributed by atoms with E-state index < -0.39 is 0 Å². The summed E-state index contributed by atoms with van der Waals surface area (Å²) in [6, 6.07) is 18.2. The number of hydrogen-bond acceptors (Lipinski definition) is 0. The molecule has 0 heterocycles. The highest BCUT2D eigenvalue weighted by Gasteiger charge is 1.91. The molecule has 0 aliphatic rings. The minimum atomic E-state index is 0.681. The van der Waals surface area contributed by atoms with E-state index >= 15 is 0 Å². The van der Waals surface area contributed by atoms with Gasteiger partial charge < -0.3 is 0 Å². The van der Waals surface area contributed by atoms with Crippen molar-refractivity contribution < 1.29 is 0 Å². The van der Waals surface area contributed by atoms with E-state index in [9.17, 15) is 0 Å². The number of hydrogen-bond donors (Lipinski definition) is 0. The van der Waals surface area contributed by atoms with Crippen molar-refractivity contribution >= 4 is 35.4 Å². The van der Waals surface area contributed by atoms with Crippen LogP contribution in [0.5, 0.6) is 0 Å². The van der Waals surface area contributed by atoms with Gasteiger partial charge in [0.2, 0.25) is 0 Å². The molecule has 0 aliphatic carbocycles. The van der Waals surface area contributed by atoms with E-state index in [4.69, 9.17) is 23.2 Å². The zero-order chi connectivity index (χ0) is 14.6. The van der Waals surface area contributed by atoms with Gasteiger partial charge in [0.25, 0.3) is 0 Å². The van der Waals surface area contributed by atoms with Crippen molar-refractivity contribution in [3.8, 4) is 0 Å². The van der Waals surface area contributed by atoms with E-state index in [1.54, 1.807) is 0 Å². The second kappa shape index (κ2) is 10.3. The van der Waals surface area contributed by atoms with Gasteiger partial charge >= 0.3 is 0 Å². The fraction of sp³-hybridized carbons (Fsp3) is 0.111. The lowest BCUT2D eigenvalue weighted by atomic mass is 10.1. The minimum absolute atomic E-state index is 0.681.